The number of hydrogen-bond donors (Lipinski definition) is 0. The van der Waals surface area contributed by atoms with E-state index in [-0.39, 0.29) is 0 Å². The Hall–Kier alpha value is -2.42. The number of piperidine rings is 1. The minimum absolute atomic E-state index is 0.643. The lowest BCUT2D eigenvalue weighted by molar-refractivity contribution is 0.547. The number of nitrogens with zero attached hydrogens (tertiary/aromatic N) is 3. The van der Waals surface area contributed by atoms with Gasteiger partial charge in [0.1, 0.15) is 0 Å². The predicted molar refractivity (Wildman–Crippen MR) is 93.4 cm³/mol. The lowest BCUT2D eigenvalue weighted by Gasteiger charge is -2.27. The fraction of sp³-hybridized carbons (Fsp3) is 0.300. The summed E-state index contributed by atoms with van der Waals surface area (Å²) in [5.74, 6) is 1.75. The third-order valence-electron chi connectivity index (χ3n) is 5.30. The van der Waals surface area contributed by atoms with Crippen molar-refractivity contribution in [1.82, 2.24) is 9.97 Å². The van der Waals surface area contributed by atoms with Crippen LogP contribution < -0.4 is 4.90 Å². The third kappa shape index (κ3) is 2.11. The van der Waals surface area contributed by atoms with Crippen LogP contribution in [0.2, 0.25) is 0 Å². The number of para-hydroxylation sites is 1. The van der Waals surface area contributed by atoms with Crippen LogP contribution in [0.25, 0.3) is 22.2 Å². The smallest absolute Gasteiger partial charge is 0.226 e. The standard InChI is InChI=1S/C20H19N3/c1-2-6-15(7-3-1)19-17-8-4-5-9-18(17)21-20(22-19)23-13-14-10-11-16(23)12-14/h1-9,14,16H,10-13H2. The zero-order valence-corrected chi connectivity index (χ0v) is 13.0. The Bertz CT molecular complexity index is 859. The van der Waals surface area contributed by atoms with Crippen molar-refractivity contribution in [2.24, 2.45) is 5.92 Å². The van der Waals surface area contributed by atoms with E-state index in [2.05, 4.69) is 53.4 Å². The maximum absolute atomic E-state index is 4.99. The van der Waals surface area contributed by atoms with Crippen LogP contribution in [0.15, 0.2) is 54.6 Å². The molecule has 2 unspecified atom stereocenters. The molecule has 23 heavy (non-hydrogen) atoms. The molecule has 1 saturated carbocycles. The second-order valence-corrected chi connectivity index (χ2v) is 6.74. The van der Waals surface area contributed by atoms with Crippen molar-refractivity contribution in [3.63, 3.8) is 0 Å². The summed E-state index contributed by atoms with van der Waals surface area (Å²) in [5, 5.41) is 1.13. The first kappa shape index (κ1) is 13.1. The van der Waals surface area contributed by atoms with E-state index in [0.29, 0.717) is 6.04 Å². The molecule has 2 aromatic carbocycles. The lowest BCUT2D eigenvalue weighted by atomic mass is 10.1. The van der Waals surface area contributed by atoms with E-state index in [1.165, 1.54) is 19.3 Å². The molecule has 1 aliphatic heterocycles. The molecule has 1 aromatic heterocycles. The van der Waals surface area contributed by atoms with Crippen molar-refractivity contribution >= 4 is 16.9 Å². The maximum Gasteiger partial charge on any atom is 0.226 e. The molecule has 2 aliphatic rings. The number of aromatic nitrogens is 2. The van der Waals surface area contributed by atoms with Crippen LogP contribution in [0.1, 0.15) is 19.3 Å². The molecule has 2 bridgehead atoms. The molecule has 5 rings (SSSR count). The number of benzene rings is 2. The Kier molecular flexibility index (Phi) is 2.87. The second kappa shape index (κ2) is 5.05. The molecule has 2 fully saturated rings. The molecule has 0 spiro atoms. The van der Waals surface area contributed by atoms with Gasteiger partial charge in [0.25, 0.3) is 0 Å². The number of hydrogen-bond acceptors (Lipinski definition) is 3. The monoisotopic (exact) mass is 301 g/mol. The first-order valence-corrected chi connectivity index (χ1v) is 8.47. The Morgan fingerprint density at radius 2 is 1.70 bits per heavy atom. The van der Waals surface area contributed by atoms with Gasteiger partial charge < -0.3 is 4.90 Å². The van der Waals surface area contributed by atoms with Crippen molar-refractivity contribution in [1.29, 1.82) is 0 Å². The van der Waals surface area contributed by atoms with Gasteiger partial charge >= 0.3 is 0 Å². The molecule has 114 valence electrons. The van der Waals surface area contributed by atoms with Crippen LogP contribution in [0, 0.1) is 5.92 Å². The Morgan fingerprint density at radius 1 is 0.870 bits per heavy atom. The van der Waals surface area contributed by atoms with E-state index in [1.54, 1.807) is 0 Å². The number of rotatable bonds is 2. The summed E-state index contributed by atoms with van der Waals surface area (Å²) in [4.78, 5) is 12.3. The highest BCUT2D eigenvalue weighted by Gasteiger charge is 2.39. The van der Waals surface area contributed by atoms with Gasteiger partial charge in [-0.2, -0.15) is 0 Å². The maximum atomic E-state index is 4.99. The van der Waals surface area contributed by atoms with Crippen LogP contribution in [0.3, 0.4) is 0 Å². The van der Waals surface area contributed by atoms with E-state index in [0.717, 1.165) is 40.6 Å². The summed E-state index contributed by atoms with van der Waals surface area (Å²) in [6.45, 7) is 1.12. The molecule has 2 atom stereocenters. The van der Waals surface area contributed by atoms with Crippen LogP contribution in [0.4, 0.5) is 5.95 Å². The Labute approximate surface area is 136 Å². The lowest BCUT2D eigenvalue weighted by Crippen LogP contribution is -2.33. The second-order valence-electron chi connectivity index (χ2n) is 6.74. The largest absolute Gasteiger partial charge is 0.338 e. The molecule has 3 nitrogen and oxygen atoms in total. The average molecular weight is 301 g/mol. The van der Waals surface area contributed by atoms with Gasteiger partial charge in [0.15, 0.2) is 0 Å². The minimum atomic E-state index is 0.643. The van der Waals surface area contributed by atoms with Gasteiger partial charge in [-0.05, 0) is 31.2 Å². The van der Waals surface area contributed by atoms with Crippen LogP contribution >= 0.6 is 0 Å². The van der Waals surface area contributed by atoms with Crippen LogP contribution in [-0.4, -0.2) is 22.6 Å². The van der Waals surface area contributed by atoms with Crippen molar-refractivity contribution in [2.45, 2.75) is 25.3 Å². The predicted octanol–water partition coefficient (Wildman–Crippen LogP) is 4.29. The summed E-state index contributed by atoms with van der Waals surface area (Å²) in [5.41, 5.74) is 3.25. The van der Waals surface area contributed by atoms with E-state index < -0.39 is 0 Å². The highest BCUT2D eigenvalue weighted by Crippen LogP contribution is 2.40. The molecule has 0 N–H and O–H groups in total. The zero-order chi connectivity index (χ0) is 15.2. The summed E-state index contributed by atoms with van der Waals surface area (Å²) < 4.78 is 0. The van der Waals surface area contributed by atoms with Crippen molar-refractivity contribution in [3.05, 3.63) is 54.6 Å². The molecule has 0 amide bonds. The van der Waals surface area contributed by atoms with Gasteiger partial charge in [0, 0.05) is 23.5 Å². The summed E-state index contributed by atoms with van der Waals surface area (Å²) in [7, 11) is 0. The average Bonchev–Trinajstić information content (AvgIpc) is 3.25. The van der Waals surface area contributed by atoms with E-state index in [4.69, 9.17) is 9.97 Å². The van der Waals surface area contributed by atoms with Crippen molar-refractivity contribution in [3.8, 4) is 11.3 Å². The van der Waals surface area contributed by atoms with Crippen LogP contribution in [0.5, 0.6) is 0 Å². The fourth-order valence-corrected chi connectivity index (χ4v) is 4.18. The zero-order valence-electron chi connectivity index (χ0n) is 13.0. The Morgan fingerprint density at radius 3 is 2.48 bits per heavy atom. The molecule has 2 heterocycles. The normalized spacial score (nSPS) is 22.9. The van der Waals surface area contributed by atoms with Gasteiger partial charge in [0.2, 0.25) is 5.95 Å². The molecule has 3 aromatic rings. The Balaban J connectivity index is 1.70. The van der Waals surface area contributed by atoms with Crippen molar-refractivity contribution in [2.75, 3.05) is 11.4 Å². The number of anilines is 1. The van der Waals surface area contributed by atoms with Gasteiger partial charge in [-0.25, -0.2) is 9.97 Å². The van der Waals surface area contributed by atoms with Gasteiger partial charge in [0.05, 0.1) is 11.2 Å². The van der Waals surface area contributed by atoms with E-state index in [9.17, 15) is 0 Å². The summed E-state index contributed by atoms with van der Waals surface area (Å²) in [6, 6.07) is 19.5. The third-order valence-corrected chi connectivity index (χ3v) is 5.30. The van der Waals surface area contributed by atoms with E-state index >= 15 is 0 Å². The van der Waals surface area contributed by atoms with Gasteiger partial charge in [-0.1, -0.05) is 48.5 Å². The molecule has 1 aliphatic carbocycles. The highest BCUT2D eigenvalue weighted by molar-refractivity contribution is 5.93. The summed E-state index contributed by atoms with van der Waals surface area (Å²) >= 11 is 0. The first-order chi connectivity index (χ1) is 11.4. The quantitative estimate of drug-likeness (QED) is 0.707. The van der Waals surface area contributed by atoms with E-state index in [1.807, 2.05) is 6.07 Å². The fourth-order valence-electron chi connectivity index (χ4n) is 4.18. The van der Waals surface area contributed by atoms with Gasteiger partial charge in [-0.15, -0.1) is 0 Å². The topological polar surface area (TPSA) is 29.0 Å². The number of fused-ring (bicyclic) bond motifs is 3. The molecular weight excluding hydrogens is 282 g/mol. The SMILES string of the molecule is c1ccc(-c2nc(N3CC4CCC3C4)nc3ccccc23)cc1. The minimum Gasteiger partial charge on any atom is -0.338 e. The summed E-state index contributed by atoms with van der Waals surface area (Å²) in [6.07, 6.45) is 3.98. The molecular formula is C20H19N3. The molecule has 3 heteroatoms. The van der Waals surface area contributed by atoms with Crippen LogP contribution in [-0.2, 0) is 0 Å². The van der Waals surface area contributed by atoms with Crippen molar-refractivity contribution < 1.29 is 0 Å². The molecule has 0 radical (unpaired) electrons. The first-order valence-electron chi connectivity index (χ1n) is 8.47. The molecule has 1 saturated heterocycles. The van der Waals surface area contributed by atoms with Gasteiger partial charge in [-0.3, -0.25) is 0 Å². The highest BCUT2D eigenvalue weighted by atomic mass is 15.3.